The number of rotatable bonds is 7. The van der Waals surface area contributed by atoms with Gasteiger partial charge in [0.05, 0.1) is 0 Å². The van der Waals surface area contributed by atoms with Gasteiger partial charge in [0.25, 0.3) is 0 Å². The summed E-state index contributed by atoms with van der Waals surface area (Å²) in [6.07, 6.45) is 4.90. The Morgan fingerprint density at radius 3 is 1.59 bits per heavy atom. The van der Waals surface area contributed by atoms with Gasteiger partial charge in [-0.1, -0.05) is 45.9 Å². The summed E-state index contributed by atoms with van der Waals surface area (Å²) in [6, 6.07) is 15.8. The Kier molecular flexibility index (Phi) is 6.28. The minimum atomic E-state index is 0.878. The van der Waals surface area contributed by atoms with E-state index in [1.807, 2.05) is 11.3 Å². The van der Waals surface area contributed by atoms with E-state index in [0.29, 0.717) is 0 Å². The standard InChI is InChI=1S/C25H28OS/c1-5-17-11-18(6-2)13-21(12-17)24-9-10-25(27-24)22-14-19(7-3)23(16-26)20(8-4)15-22/h9-16H,5-8H2,1-4H3. The van der Waals surface area contributed by atoms with Crippen LogP contribution in [0.15, 0.2) is 42.5 Å². The van der Waals surface area contributed by atoms with Crippen LogP contribution in [0.4, 0.5) is 0 Å². The van der Waals surface area contributed by atoms with Crippen LogP contribution in [0.25, 0.3) is 20.9 Å². The highest BCUT2D eigenvalue weighted by molar-refractivity contribution is 7.18. The summed E-state index contributed by atoms with van der Waals surface area (Å²) < 4.78 is 0. The third-order valence-corrected chi connectivity index (χ3v) is 6.46. The summed E-state index contributed by atoms with van der Waals surface area (Å²) in [4.78, 5) is 14.1. The first-order valence-electron chi connectivity index (χ1n) is 9.97. The Morgan fingerprint density at radius 2 is 1.19 bits per heavy atom. The average Bonchev–Trinajstić information content (AvgIpc) is 3.22. The molecule has 1 aromatic heterocycles. The molecule has 0 fully saturated rings. The van der Waals surface area contributed by atoms with Crippen molar-refractivity contribution in [2.75, 3.05) is 0 Å². The molecule has 0 spiro atoms. The van der Waals surface area contributed by atoms with Crippen LogP contribution in [-0.4, -0.2) is 6.29 Å². The van der Waals surface area contributed by atoms with E-state index in [2.05, 4.69) is 70.2 Å². The maximum atomic E-state index is 11.5. The van der Waals surface area contributed by atoms with Crippen molar-refractivity contribution >= 4 is 17.6 Å². The van der Waals surface area contributed by atoms with Crippen molar-refractivity contribution in [3.05, 3.63) is 70.3 Å². The summed E-state index contributed by atoms with van der Waals surface area (Å²) in [5.74, 6) is 0. The average molecular weight is 377 g/mol. The molecule has 1 heterocycles. The first kappa shape index (κ1) is 19.6. The van der Waals surface area contributed by atoms with Gasteiger partial charge in [-0.25, -0.2) is 0 Å². The van der Waals surface area contributed by atoms with Crippen molar-refractivity contribution in [3.8, 4) is 20.9 Å². The van der Waals surface area contributed by atoms with Crippen LogP contribution in [0.3, 0.4) is 0 Å². The molecule has 0 radical (unpaired) electrons. The third-order valence-electron chi connectivity index (χ3n) is 5.28. The molecule has 2 heteroatoms. The van der Waals surface area contributed by atoms with E-state index in [1.165, 1.54) is 32.0 Å². The molecule has 0 unspecified atom stereocenters. The maximum absolute atomic E-state index is 11.5. The summed E-state index contributed by atoms with van der Waals surface area (Å²) in [7, 11) is 0. The molecule has 140 valence electrons. The summed E-state index contributed by atoms with van der Waals surface area (Å²) in [5.41, 5.74) is 8.52. The fraction of sp³-hybridized carbons (Fsp3) is 0.320. The molecule has 3 aromatic rings. The second-order valence-corrected chi connectivity index (χ2v) is 8.03. The number of carbonyl (C=O) groups is 1. The van der Waals surface area contributed by atoms with Crippen molar-refractivity contribution < 1.29 is 4.79 Å². The SMILES string of the molecule is CCc1cc(CC)cc(-c2ccc(-c3cc(CC)c(C=O)c(CC)c3)s2)c1. The van der Waals surface area contributed by atoms with Crippen LogP contribution in [0.5, 0.6) is 0 Å². The van der Waals surface area contributed by atoms with Gasteiger partial charge in [-0.2, -0.15) is 0 Å². The van der Waals surface area contributed by atoms with Gasteiger partial charge in [0, 0.05) is 15.3 Å². The van der Waals surface area contributed by atoms with E-state index in [9.17, 15) is 4.79 Å². The lowest BCUT2D eigenvalue weighted by Gasteiger charge is -2.11. The largest absolute Gasteiger partial charge is 0.298 e. The van der Waals surface area contributed by atoms with Crippen LogP contribution in [-0.2, 0) is 25.7 Å². The van der Waals surface area contributed by atoms with Crippen molar-refractivity contribution in [1.82, 2.24) is 0 Å². The molecule has 0 saturated carbocycles. The van der Waals surface area contributed by atoms with E-state index >= 15 is 0 Å². The van der Waals surface area contributed by atoms with E-state index in [1.54, 1.807) is 0 Å². The van der Waals surface area contributed by atoms with Crippen molar-refractivity contribution in [2.45, 2.75) is 53.4 Å². The van der Waals surface area contributed by atoms with Gasteiger partial charge >= 0.3 is 0 Å². The Labute approximate surface area is 167 Å². The number of hydrogen-bond acceptors (Lipinski definition) is 2. The second-order valence-electron chi connectivity index (χ2n) is 6.94. The summed E-state index contributed by atoms with van der Waals surface area (Å²) in [5, 5.41) is 0. The topological polar surface area (TPSA) is 17.1 Å². The predicted molar refractivity (Wildman–Crippen MR) is 118 cm³/mol. The molecule has 0 aliphatic rings. The molecule has 0 bridgehead atoms. The van der Waals surface area contributed by atoms with Gasteiger partial charge in [0.15, 0.2) is 6.29 Å². The Bertz CT molecular complexity index is 901. The van der Waals surface area contributed by atoms with Crippen molar-refractivity contribution in [2.24, 2.45) is 0 Å². The quantitative estimate of drug-likeness (QED) is 0.400. The molecular weight excluding hydrogens is 348 g/mol. The van der Waals surface area contributed by atoms with Gasteiger partial charge in [-0.15, -0.1) is 11.3 Å². The molecule has 0 atom stereocenters. The van der Waals surface area contributed by atoms with Crippen LogP contribution in [0.1, 0.15) is 60.3 Å². The normalized spacial score (nSPS) is 11.0. The first-order chi connectivity index (χ1) is 13.1. The summed E-state index contributed by atoms with van der Waals surface area (Å²) >= 11 is 1.84. The zero-order valence-electron chi connectivity index (χ0n) is 16.8. The van der Waals surface area contributed by atoms with Gasteiger partial charge in [-0.3, -0.25) is 4.79 Å². The van der Waals surface area contributed by atoms with E-state index in [-0.39, 0.29) is 0 Å². The van der Waals surface area contributed by atoms with Crippen LogP contribution in [0, 0.1) is 0 Å². The van der Waals surface area contributed by atoms with Gasteiger partial charge in [0.1, 0.15) is 0 Å². The monoisotopic (exact) mass is 376 g/mol. The van der Waals surface area contributed by atoms with Gasteiger partial charge in [-0.05, 0) is 83.3 Å². The minimum absolute atomic E-state index is 0.878. The smallest absolute Gasteiger partial charge is 0.150 e. The van der Waals surface area contributed by atoms with Crippen LogP contribution >= 0.6 is 11.3 Å². The van der Waals surface area contributed by atoms with E-state index < -0.39 is 0 Å². The number of aldehydes is 1. The van der Waals surface area contributed by atoms with Gasteiger partial charge in [0.2, 0.25) is 0 Å². The minimum Gasteiger partial charge on any atom is -0.298 e. The number of aryl methyl sites for hydroxylation is 4. The van der Waals surface area contributed by atoms with Crippen LogP contribution < -0.4 is 0 Å². The second kappa shape index (κ2) is 8.67. The highest BCUT2D eigenvalue weighted by Gasteiger charge is 2.12. The lowest BCUT2D eigenvalue weighted by Crippen LogP contribution is -1.98. The highest BCUT2D eigenvalue weighted by atomic mass is 32.1. The Morgan fingerprint density at radius 1 is 0.704 bits per heavy atom. The summed E-state index contributed by atoms with van der Waals surface area (Å²) in [6.45, 7) is 8.67. The molecule has 0 amide bonds. The van der Waals surface area contributed by atoms with Crippen LogP contribution in [0.2, 0.25) is 0 Å². The first-order valence-corrected chi connectivity index (χ1v) is 10.8. The molecule has 2 aromatic carbocycles. The number of thiophene rings is 1. The molecule has 3 rings (SSSR count). The van der Waals surface area contributed by atoms with E-state index in [0.717, 1.165) is 48.7 Å². The third kappa shape index (κ3) is 4.06. The maximum Gasteiger partial charge on any atom is 0.150 e. The van der Waals surface area contributed by atoms with Crippen molar-refractivity contribution in [1.29, 1.82) is 0 Å². The number of benzene rings is 2. The fourth-order valence-corrected chi connectivity index (χ4v) is 4.60. The molecule has 1 nitrogen and oxygen atoms in total. The zero-order valence-corrected chi connectivity index (χ0v) is 17.6. The van der Waals surface area contributed by atoms with Crippen molar-refractivity contribution in [3.63, 3.8) is 0 Å². The Hall–Kier alpha value is -2.19. The molecule has 0 aliphatic carbocycles. The predicted octanol–water partition coefficient (Wildman–Crippen LogP) is 7.14. The lowest BCUT2D eigenvalue weighted by atomic mass is 9.95. The lowest BCUT2D eigenvalue weighted by molar-refractivity contribution is 0.112. The molecule has 0 aliphatic heterocycles. The number of hydrogen-bond donors (Lipinski definition) is 0. The molecule has 0 saturated heterocycles. The Balaban J connectivity index is 2.05. The zero-order chi connectivity index (χ0) is 19.4. The molecule has 27 heavy (non-hydrogen) atoms. The molecule has 0 N–H and O–H groups in total. The number of carbonyl (C=O) groups excluding carboxylic acids is 1. The molecular formula is C25H28OS. The van der Waals surface area contributed by atoms with Gasteiger partial charge < -0.3 is 0 Å². The highest BCUT2D eigenvalue weighted by Crippen LogP contribution is 2.37. The van der Waals surface area contributed by atoms with E-state index in [4.69, 9.17) is 0 Å². The fourth-order valence-electron chi connectivity index (χ4n) is 3.62.